The molecule has 4 aliphatic heterocycles. The molecule has 1 aromatic carbocycles. The summed E-state index contributed by atoms with van der Waals surface area (Å²) in [5, 5.41) is 29.5. The van der Waals surface area contributed by atoms with Gasteiger partial charge in [0.2, 0.25) is 5.91 Å². The number of nitrogens with one attached hydrogen (secondary N) is 4. The molecule has 0 saturated carbocycles. The number of benzene rings is 1. The molecule has 8 heteroatoms. The van der Waals surface area contributed by atoms with E-state index in [1.807, 2.05) is 42.3 Å². The predicted octanol–water partition coefficient (Wildman–Crippen LogP) is 1.15. The molecule has 5 unspecified atom stereocenters. The van der Waals surface area contributed by atoms with Crippen LogP contribution in [0, 0.1) is 5.92 Å². The summed E-state index contributed by atoms with van der Waals surface area (Å²) < 4.78 is 0. The highest BCUT2D eigenvalue weighted by atomic mass is 16.3. The zero-order valence-corrected chi connectivity index (χ0v) is 18.1. The molecule has 4 aliphatic rings. The number of carbonyl (C=O) groups excluding carboxylic acids is 1. The van der Waals surface area contributed by atoms with E-state index in [1.165, 1.54) is 0 Å². The van der Waals surface area contributed by atoms with E-state index >= 15 is 0 Å². The van der Waals surface area contributed by atoms with Gasteiger partial charge in [0.05, 0.1) is 30.4 Å². The molecule has 5 N–H and O–H groups in total. The fraction of sp³-hybridized carbons (Fsp3) is 0.609. The predicted molar refractivity (Wildman–Crippen MR) is 119 cm³/mol. The smallest absolute Gasteiger partial charge is 0.244 e. The van der Waals surface area contributed by atoms with E-state index < -0.39 is 5.60 Å². The zero-order valence-electron chi connectivity index (χ0n) is 18.1. The summed E-state index contributed by atoms with van der Waals surface area (Å²) in [6, 6.07) is 10.1. The second-order valence-electron chi connectivity index (χ2n) is 9.40. The van der Waals surface area contributed by atoms with E-state index in [9.17, 15) is 9.90 Å². The first-order valence-electron chi connectivity index (χ1n) is 11.6. The number of piperidine rings is 1. The lowest BCUT2D eigenvalue weighted by Crippen LogP contribution is -2.69. The number of carbonyl (C=O) groups is 1. The highest BCUT2D eigenvalue weighted by molar-refractivity contribution is 5.82. The largest absolute Gasteiger partial charge is 0.389 e. The summed E-state index contributed by atoms with van der Waals surface area (Å²) in [5.41, 5.74) is 0.264. The monoisotopic (exact) mass is 426 g/mol. The number of fused-ring (bicyclic) bond motifs is 6. The number of rotatable bonds is 2. The van der Waals surface area contributed by atoms with Crippen LogP contribution in [-0.4, -0.2) is 64.4 Å². The van der Waals surface area contributed by atoms with Gasteiger partial charge in [0.15, 0.2) is 0 Å². The van der Waals surface area contributed by atoms with Crippen molar-refractivity contribution in [2.24, 2.45) is 5.92 Å². The SMILES string of the molecule is C[C@@]1(O)CC/C=C\CN2C(=O)C3CNC(Nc4ccccc4)NC3N2C2CCCC1N2. The Morgan fingerprint density at radius 1 is 1.16 bits per heavy atom. The van der Waals surface area contributed by atoms with Crippen molar-refractivity contribution in [3.05, 3.63) is 42.5 Å². The molecule has 168 valence electrons. The van der Waals surface area contributed by atoms with Gasteiger partial charge >= 0.3 is 0 Å². The van der Waals surface area contributed by atoms with E-state index in [1.54, 1.807) is 0 Å². The molecule has 31 heavy (non-hydrogen) atoms. The molecule has 5 rings (SSSR count). The quantitative estimate of drug-likeness (QED) is 0.453. The number of aliphatic hydroxyl groups is 1. The van der Waals surface area contributed by atoms with Crippen molar-refractivity contribution in [2.45, 2.75) is 69.3 Å². The van der Waals surface area contributed by atoms with Crippen molar-refractivity contribution >= 4 is 11.6 Å². The average molecular weight is 427 g/mol. The van der Waals surface area contributed by atoms with Gasteiger partial charge in [-0.25, -0.2) is 0 Å². The molecule has 8 nitrogen and oxygen atoms in total. The standard InChI is InChI=1S/C23H34N6O2/c1-23(31)13-6-3-7-14-28-21(30)17-15-24-22(25-16-9-4-2-5-10-16)27-20(17)29(28)19-12-8-11-18(23)26-19/h2-5,7,9-10,17-20,22,24-27,31H,6,8,11-15H2,1H3/b7-3-/t17?,18?,19?,20?,22?,23-/m1/s1. The third-order valence-electron chi connectivity index (χ3n) is 7.18. The molecule has 2 bridgehead atoms. The average Bonchev–Trinajstić information content (AvgIpc) is 3.04. The third-order valence-corrected chi connectivity index (χ3v) is 7.18. The summed E-state index contributed by atoms with van der Waals surface area (Å²) in [6.45, 7) is 3.12. The van der Waals surface area contributed by atoms with E-state index in [2.05, 4.69) is 38.4 Å². The van der Waals surface area contributed by atoms with Crippen LogP contribution < -0.4 is 21.3 Å². The van der Waals surface area contributed by atoms with Gasteiger partial charge in [-0.2, -0.15) is 5.01 Å². The zero-order chi connectivity index (χ0) is 21.4. The third kappa shape index (κ3) is 4.10. The summed E-state index contributed by atoms with van der Waals surface area (Å²) >= 11 is 0. The van der Waals surface area contributed by atoms with Crippen LogP contribution in [0.25, 0.3) is 0 Å². The molecule has 3 fully saturated rings. The maximum absolute atomic E-state index is 13.3. The van der Waals surface area contributed by atoms with Crippen LogP contribution in [0.4, 0.5) is 5.69 Å². The van der Waals surface area contributed by atoms with Crippen molar-refractivity contribution in [3.63, 3.8) is 0 Å². The van der Waals surface area contributed by atoms with Gasteiger partial charge in [0, 0.05) is 18.3 Å². The Morgan fingerprint density at radius 3 is 2.84 bits per heavy atom. The molecule has 3 saturated heterocycles. The Balaban J connectivity index is 1.40. The van der Waals surface area contributed by atoms with Gasteiger partial charge in [0.25, 0.3) is 0 Å². The number of allylic oxidation sites excluding steroid dienone is 1. The highest BCUT2D eigenvalue weighted by Crippen LogP contribution is 2.34. The van der Waals surface area contributed by atoms with Crippen molar-refractivity contribution < 1.29 is 9.90 Å². The fourth-order valence-electron chi connectivity index (χ4n) is 5.44. The Labute approximate surface area is 184 Å². The molecule has 1 amide bonds. The van der Waals surface area contributed by atoms with Crippen molar-refractivity contribution in [3.8, 4) is 0 Å². The van der Waals surface area contributed by atoms with Gasteiger partial charge in [-0.15, -0.1) is 0 Å². The first-order valence-corrected chi connectivity index (χ1v) is 11.6. The first-order chi connectivity index (χ1) is 15.0. The first kappa shape index (κ1) is 20.9. The van der Waals surface area contributed by atoms with Gasteiger partial charge in [0.1, 0.15) is 6.29 Å². The van der Waals surface area contributed by atoms with Crippen LogP contribution in [0.1, 0.15) is 39.0 Å². The molecule has 6 atom stereocenters. The summed E-state index contributed by atoms with van der Waals surface area (Å²) in [4.78, 5) is 13.3. The highest BCUT2D eigenvalue weighted by Gasteiger charge is 2.52. The second-order valence-corrected chi connectivity index (χ2v) is 9.40. The number of para-hydroxylation sites is 1. The van der Waals surface area contributed by atoms with Gasteiger partial charge < -0.3 is 10.4 Å². The van der Waals surface area contributed by atoms with Gasteiger partial charge in [-0.1, -0.05) is 30.4 Å². The number of anilines is 1. The molecule has 0 radical (unpaired) electrons. The molecular weight excluding hydrogens is 392 g/mol. The normalized spacial score (nSPS) is 39.9. The van der Waals surface area contributed by atoms with Crippen LogP contribution >= 0.6 is 0 Å². The lowest BCUT2D eigenvalue weighted by Gasteiger charge is -2.47. The van der Waals surface area contributed by atoms with Gasteiger partial charge in [-0.05, 0) is 51.2 Å². The molecule has 0 aromatic heterocycles. The number of hydrazine groups is 1. The molecular formula is C23H34N6O2. The van der Waals surface area contributed by atoms with E-state index in [-0.39, 0.29) is 36.5 Å². The molecule has 4 heterocycles. The van der Waals surface area contributed by atoms with Crippen LogP contribution in [-0.2, 0) is 4.79 Å². The van der Waals surface area contributed by atoms with Gasteiger partial charge in [-0.3, -0.25) is 25.8 Å². The molecule has 0 aliphatic carbocycles. The van der Waals surface area contributed by atoms with Crippen LogP contribution in [0.3, 0.4) is 0 Å². The summed E-state index contributed by atoms with van der Waals surface area (Å²) in [6.07, 6.45) is 8.42. The number of hydrogen-bond acceptors (Lipinski definition) is 7. The van der Waals surface area contributed by atoms with Crippen molar-refractivity contribution in [2.75, 3.05) is 18.4 Å². The Kier molecular flexibility index (Phi) is 5.75. The number of amides is 1. The summed E-state index contributed by atoms with van der Waals surface area (Å²) in [7, 11) is 0. The topological polar surface area (TPSA) is 91.9 Å². The molecule has 1 aromatic rings. The molecule has 0 spiro atoms. The number of hydrogen-bond donors (Lipinski definition) is 5. The van der Waals surface area contributed by atoms with E-state index in [0.717, 1.165) is 37.8 Å². The lowest BCUT2D eigenvalue weighted by molar-refractivity contribution is -0.146. The minimum Gasteiger partial charge on any atom is -0.389 e. The maximum atomic E-state index is 13.3. The van der Waals surface area contributed by atoms with Crippen molar-refractivity contribution in [1.82, 2.24) is 26.0 Å². The van der Waals surface area contributed by atoms with E-state index in [0.29, 0.717) is 13.1 Å². The number of nitrogens with zero attached hydrogens (tertiary/aromatic N) is 2. The Bertz CT molecular complexity index is 816. The summed E-state index contributed by atoms with van der Waals surface area (Å²) in [5.74, 6) is 0.00981. The van der Waals surface area contributed by atoms with Crippen LogP contribution in [0.5, 0.6) is 0 Å². The van der Waals surface area contributed by atoms with E-state index in [4.69, 9.17) is 0 Å². The lowest BCUT2D eigenvalue weighted by atomic mass is 9.85. The fourth-order valence-corrected chi connectivity index (χ4v) is 5.44. The minimum atomic E-state index is -0.764. The second kappa shape index (κ2) is 8.52. The van der Waals surface area contributed by atoms with Crippen LogP contribution in [0.2, 0.25) is 0 Å². The van der Waals surface area contributed by atoms with Crippen molar-refractivity contribution in [1.29, 1.82) is 0 Å². The van der Waals surface area contributed by atoms with Crippen LogP contribution in [0.15, 0.2) is 42.5 Å². The minimum absolute atomic E-state index is 0.0126. The Hall–Kier alpha value is -1.97. The maximum Gasteiger partial charge on any atom is 0.244 e. The Morgan fingerprint density at radius 2 is 2.00 bits per heavy atom.